The number of likely N-dealkylation sites (tertiary alicyclic amines) is 1. The first-order valence-electron chi connectivity index (χ1n) is 17.8. The van der Waals surface area contributed by atoms with Gasteiger partial charge in [0.05, 0.1) is 34.4 Å². The third kappa shape index (κ3) is 6.06. The minimum atomic E-state index is -0.979. The van der Waals surface area contributed by atoms with Crippen molar-refractivity contribution in [1.82, 2.24) is 34.7 Å². The number of ether oxygens (including phenoxy) is 1. The molecule has 3 aliphatic heterocycles. The number of benzene rings is 2. The Bertz CT molecular complexity index is 2350. The van der Waals surface area contributed by atoms with Crippen LogP contribution in [0.25, 0.3) is 39.0 Å². The molecule has 0 saturated carbocycles. The first kappa shape index (κ1) is 35.4. The number of likely N-dealkylation sites (N-methyl/N-ethyl adjacent to an activating group) is 1. The Kier molecular flexibility index (Phi) is 9.13. The predicted octanol–water partition coefficient (Wildman–Crippen LogP) is 6.29. The van der Waals surface area contributed by atoms with Gasteiger partial charge >= 0.3 is 6.01 Å². The summed E-state index contributed by atoms with van der Waals surface area (Å²) in [7, 11) is 1.76. The van der Waals surface area contributed by atoms with E-state index in [-0.39, 0.29) is 64.4 Å². The van der Waals surface area contributed by atoms with Crippen molar-refractivity contribution in [2.24, 2.45) is 0 Å². The van der Waals surface area contributed by atoms with Crippen LogP contribution in [0, 0.1) is 24.0 Å². The van der Waals surface area contributed by atoms with E-state index in [9.17, 15) is 13.6 Å². The second-order valence-corrected chi connectivity index (χ2v) is 14.2. The standard InChI is InChI=1S/C40H36F4N8O2/c1-4-27-30(42)10-9-24-7-5-8-28(33(24)27)35-34(44)36-29(20-47-35)37(49-39(48-36)54-22-40-12-6-15-51(40)21-25(41)18-40)50(3)32-11-16-52(23(32)2)38(53)31(43)17-26-19-45-13-14-46-26/h1,5,7-10,13-14,17,19-20,23,25,32H,6,11-12,15-16,18,21-22H2,2-3H3/b31-17-/t23?,25-,32?,40+/m1/s1. The number of rotatable bonds is 8. The molecule has 0 bridgehead atoms. The van der Waals surface area contributed by atoms with Crippen LogP contribution in [0.4, 0.5) is 23.4 Å². The molecule has 6 heterocycles. The highest BCUT2D eigenvalue weighted by Crippen LogP contribution is 2.41. The smallest absolute Gasteiger partial charge is 0.319 e. The molecule has 54 heavy (non-hydrogen) atoms. The van der Waals surface area contributed by atoms with Crippen molar-refractivity contribution in [2.75, 3.05) is 38.2 Å². The zero-order valence-corrected chi connectivity index (χ0v) is 29.6. The van der Waals surface area contributed by atoms with Crippen LogP contribution in [0.1, 0.15) is 43.9 Å². The number of terminal acetylenes is 1. The molecule has 10 nitrogen and oxygen atoms in total. The van der Waals surface area contributed by atoms with E-state index >= 15 is 8.78 Å². The van der Waals surface area contributed by atoms with Crippen molar-refractivity contribution in [3.63, 3.8) is 0 Å². The van der Waals surface area contributed by atoms with Gasteiger partial charge in [-0.05, 0) is 44.2 Å². The molecular weight excluding hydrogens is 700 g/mol. The average molecular weight is 737 g/mol. The number of nitrogens with zero attached hydrogens (tertiary/aromatic N) is 8. The lowest BCUT2D eigenvalue weighted by Crippen LogP contribution is -2.44. The van der Waals surface area contributed by atoms with Crippen molar-refractivity contribution < 1.29 is 27.1 Å². The van der Waals surface area contributed by atoms with Crippen molar-refractivity contribution >= 4 is 39.5 Å². The Hall–Kier alpha value is -5.68. The number of carbonyl (C=O) groups excluding carboxylic acids is 1. The zero-order chi connectivity index (χ0) is 37.7. The number of aromatic nitrogens is 5. The lowest BCUT2D eigenvalue weighted by atomic mass is 9.95. The van der Waals surface area contributed by atoms with Crippen molar-refractivity contribution in [2.45, 2.75) is 56.4 Å². The second kappa shape index (κ2) is 13.9. The molecule has 1 amide bonds. The number of fused-ring (bicyclic) bond motifs is 3. The first-order valence-corrected chi connectivity index (χ1v) is 17.8. The van der Waals surface area contributed by atoms with Gasteiger partial charge in [0.25, 0.3) is 5.91 Å². The summed E-state index contributed by atoms with van der Waals surface area (Å²) in [6, 6.07) is 6.94. The van der Waals surface area contributed by atoms with Gasteiger partial charge in [0.15, 0.2) is 11.6 Å². The van der Waals surface area contributed by atoms with E-state index in [4.69, 9.17) is 16.1 Å². The summed E-state index contributed by atoms with van der Waals surface area (Å²) < 4.78 is 68.0. The number of carbonyl (C=O) groups is 1. The van der Waals surface area contributed by atoms with E-state index in [1.165, 1.54) is 35.8 Å². The monoisotopic (exact) mass is 736 g/mol. The van der Waals surface area contributed by atoms with E-state index in [1.807, 2.05) is 6.92 Å². The molecular formula is C40H36F4N8O2. The van der Waals surface area contributed by atoms with Gasteiger partial charge in [-0.15, -0.1) is 6.42 Å². The summed E-state index contributed by atoms with van der Waals surface area (Å²) >= 11 is 0. The van der Waals surface area contributed by atoms with Crippen LogP contribution in [-0.4, -0.2) is 97.7 Å². The molecule has 8 rings (SSSR count). The van der Waals surface area contributed by atoms with Crippen LogP contribution in [-0.2, 0) is 4.79 Å². The van der Waals surface area contributed by atoms with Gasteiger partial charge in [-0.25, -0.2) is 17.6 Å². The Morgan fingerprint density at radius 3 is 2.80 bits per heavy atom. The first-order chi connectivity index (χ1) is 26.1. The maximum absolute atomic E-state index is 17.0. The minimum absolute atomic E-state index is 0.0167. The molecule has 0 aliphatic carbocycles. The summed E-state index contributed by atoms with van der Waals surface area (Å²) in [6.45, 7) is 3.25. The Balaban J connectivity index is 1.19. The number of halogens is 4. The van der Waals surface area contributed by atoms with E-state index in [0.717, 1.165) is 25.5 Å². The fourth-order valence-corrected chi connectivity index (χ4v) is 8.48. The van der Waals surface area contributed by atoms with Crippen molar-refractivity contribution in [3.05, 3.63) is 83.8 Å². The van der Waals surface area contributed by atoms with E-state index in [1.54, 1.807) is 36.2 Å². The highest BCUT2D eigenvalue weighted by molar-refractivity contribution is 6.02. The van der Waals surface area contributed by atoms with Gasteiger partial charge < -0.3 is 14.5 Å². The molecule has 0 spiro atoms. The number of hydrogen-bond acceptors (Lipinski definition) is 9. The predicted molar refractivity (Wildman–Crippen MR) is 196 cm³/mol. The molecule has 0 N–H and O–H groups in total. The third-order valence-electron chi connectivity index (χ3n) is 11.1. The van der Waals surface area contributed by atoms with Gasteiger partial charge in [0, 0.05) is 68.2 Å². The molecule has 5 aromatic rings. The molecule has 0 radical (unpaired) electrons. The largest absolute Gasteiger partial charge is 0.461 e. The molecule has 2 unspecified atom stereocenters. The summed E-state index contributed by atoms with van der Waals surface area (Å²) in [6.07, 6.45) is 13.9. The molecule has 3 aliphatic rings. The maximum atomic E-state index is 17.0. The van der Waals surface area contributed by atoms with Crippen LogP contribution in [0.5, 0.6) is 6.01 Å². The number of anilines is 1. The van der Waals surface area contributed by atoms with Gasteiger partial charge in [-0.3, -0.25) is 24.6 Å². The van der Waals surface area contributed by atoms with Gasteiger partial charge in [0.1, 0.15) is 35.6 Å². The van der Waals surface area contributed by atoms with Crippen molar-refractivity contribution in [3.8, 4) is 29.6 Å². The van der Waals surface area contributed by atoms with Gasteiger partial charge in [0.2, 0.25) is 0 Å². The average Bonchev–Trinajstić information content (AvgIpc) is 3.85. The molecule has 4 atom stereocenters. The highest BCUT2D eigenvalue weighted by Gasteiger charge is 2.49. The quantitative estimate of drug-likeness (QED) is 0.104. The second-order valence-electron chi connectivity index (χ2n) is 14.2. The topological polar surface area (TPSA) is 100 Å². The Morgan fingerprint density at radius 2 is 2.00 bits per heavy atom. The van der Waals surface area contributed by atoms with Gasteiger partial charge in [-0.2, -0.15) is 9.97 Å². The number of amides is 1. The number of alkyl halides is 1. The molecule has 3 saturated heterocycles. The Morgan fingerprint density at radius 1 is 1.15 bits per heavy atom. The minimum Gasteiger partial charge on any atom is -0.461 e. The lowest BCUT2D eigenvalue weighted by Gasteiger charge is -2.33. The van der Waals surface area contributed by atoms with Crippen LogP contribution in [0.2, 0.25) is 0 Å². The molecule has 3 aromatic heterocycles. The highest BCUT2D eigenvalue weighted by atomic mass is 19.1. The number of pyridine rings is 1. The third-order valence-corrected chi connectivity index (χ3v) is 11.1. The van der Waals surface area contributed by atoms with Gasteiger partial charge in [-0.1, -0.05) is 30.2 Å². The maximum Gasteiger partial charge on any atom is 0.319 e. The normalized spacial score (nSPS) is 22.9. The summed E-state index contributed by atoms with van der Waals surface area (Å²) in [5, 5.41) is 1.20. The number of hydrogen-bond donors (Lipinski definition) is 0. The fraction of sp³-hybridized carbons (Fsp3) is 0.350. The van der Waals surface area contributed by atoms with Crippen LogP contribution in [0.3, 0.4) is 0 Å². The van der Waals surface area contributed by atoms with E-state index in [2.05, 4.69) is 30.8 Å². The van der Waals surface area contributed by atoms with Crippen LogP contribution in [0.15, 0.2) is 60.9 Å². The van der Waals surface area contributed by atoms with E-state index in [0.29, 0.717) is 30.2 Å². The molecule has 14 heteroatoms. The SMILES string of the molecule is C#Cc1c(F)ccc2cccc(-c3ncc4c(N(C)C5CCN(C(=O)/C(F)=C/c6cnccn6)C5C)nc(OC[C@@]56CCCN5C[C@H](F)C6)nc4c3F)c12. The summed E-state index contributed by atoms with van der Waals surface area (Å²) in [5.74, 6) is -0.511. The van der Waals surface area contributed by atoms with Crippen molar-refractivity contribution in [1.29, 1.82) is 0 Å². The van der Waals surface area contributed by atoms with Crippen LogP contribution >= 0.6 is 0 Å². The fourth-order valence-electron chi connectivity index (χ4n) is 8.48. The van der Waals surface area contributed by atoms with Crippen LogP contribution < -0.4 is 9.64 Å². The molecule has 276 valence electrons. The lowest BCUT2D eigenvalue weighted by molar-refractivity contribution is -0.129. The molecule has 3 fully saturated rings. The summed E-state index contributed by atoms with van der Waals surface area (Å²) in [4.78, 5) is 40.4. The molecule has 2 aromatic carbocycles. The Labute approximate surface area is 308 Å². The zero-order valence-electron chi connectivity index (χ0n) is 29.6. The summed E-state index contributed by atoms with van der Waals surface area (Å²) in [5.41, 5.74) is -0.241. The van der Waals surface area contributed by atoms with E-state index < -0.39 is 41.1 Å².